The molecule has 1 unspecified atom stereocenters. The predicted molar refractivity (Wildman–Crippen MR) is 83.9 cm³/mol. The lowest BCUT2D eigenvalue weighted by atomic mass is 10.1. The molecule has 19 heavy (non-hydrogen) atoms. The van der Waals surface area contributed by atoms with Gasteiger partial charge in [0.2, 0.25) is 0 Å². The summed E-state index contributed by atoms with van der Waals surface area (Å²) < 4.78 is 0.911. The molecule has 2 N–H and O–H groups in total. The zero-order valence-corrected chi connectivity index (χ0v) is 13.5. The highest BCUT2D eigenvalue weighted by atomic mass is 79.9. The van der Waals surface area contributed by atoms with Crippen LogP contribution in [0.1, 0.15) is 13.3 Å². The molecule has 1 atom stereocenters. The molecule has 1 fully saturated rings. The Labute approximate surface area is 128 Å². The van der Waals surface area contributed by atoms with Gasteiger partial charge in [-0.15, -0.1) is 0 Å². The van der Waals surface area contributed by atoms with Gasteiger partial charge >= 0.3 is 0 Å². The lowest BCUT2D eigenvalue weighted by molar-refractivity contribution is 0.184. The summed E-state index contributed by atoms with van der Waals surface area (Å²) in [5.74, 6) is 0.880. The maximum atomic E-state index is 6.25. The first-order valence-corrected chi connectivity index (χ1v) is 7.83. The van der Waals surface area contributed by atoms with Crippen LogP contribution < -0.4 is 10.6 Å². The Kier molecular flexibility index (Phi) is 5.45. The van der Waals surface area contributed by atoms with Gasteiger partial charge in [-0.25, -0.2) is 4.98 Å². The van der Waals surface area contributed by atoms with Crippen molar-refractivity contribution in [2.24, 2.45) is 5.73 Å². The van der Waals surface area contributed by atoms with Crippen LogP contribution in [0.25, 0.3) is 0 Å². The first kappa shape index (κ1) is 15.0. The van der Waals surface area contributed by atoms with Crippen LogP contribution in [0.4, 0.5) is 5.82 Å². The SMILES string of the molecule is CCC(CN)N1CCN(c2ncc(Br)cc2Cl)CC1. The lowest BCUT2D eigenvalue weighted by Gasteiger charge is -2.39. The summed E-state index contributed by atoms with van der Waals surface area (Å²) in [4.78, 5) is 9.12. The molecular formula is C13H20BrClN4. The average molecular weight is 348 g/mol. The van der Waals surface area contributed by atoms with Crippen LogP contribution in [-0.2, 0) is 0 Å². The molecule has 0 saturated carbocycles. The van der Waals surface area contributed by atoms with Crippen molar-refractivity contribution in [1.82, 2.24) is 9.88 Å². The Morgan fingerprint density at radius 3 is 2.63 bits per heavy atom. The second kappa shape index (κ2) is 6.88. The molecule has 2 rings (SSSR count). The molecule has 0 aliphatic carbocycles. The molecule has 106 valence electrons. The third-order valence-electron chi connectivity index (χ3n) is 3.66. The van der Waals surface area contributed by atoms with Gasteiger partial charge in [0.25, 0.3) is 0 Å². The monoisotopic (exact) mass is 346 g/mol. The number of halogens is 2. The second-order valence-corrected chi connectivity index (χ2v) is 6.10. The fourth-order valence-corrected chi connectivity index (χ4v) is 3.26. The minimum atomic E-state index is 0.496. The molecular weight excluding hydrogens is 328 g/mol. The van der Waals surface area contributed by atoms with Crippen LogP contribution in [0.15, 0.2) is 16.7 Å². The minimum Gasteiger partial charge on any atom is -0.353 e. The van der Waals surface area contributed by atoms with E-state index in [0.29, 0.717) is 11.1 Å². The third kappa shape index (κ3) is 3.60. The van der Waals surface area contributed by atoms with Gasteiger partial charge in [-0.1, -0.05) is 18.5 Å². The molecule has 2 heterocycles. The maximum Gasteiger partial charge on any atom is 0.147 e. The molecule has 0 bridgehead atoms. The number of piperazine rings is 1. The van der Waals surface area contributed by atoms with Crippen molar-refractivity contribution in [1.29, 1.82) is 0 Å². The molecule has 1 aromatic rings. The number of aromatic nitrogens is 1. The number of nitrogens with two attached hydrogens (primary N) is 1. The summed E-state index contributed by atoms with van der Waals surface area (Å²) in [6.07, 6.45) is 2.90. The van der Waals surface area contributed by atoms with Crippen LogP contribution in [0.5, 0.6) is 0 Å². The fraction of sp³-hybridized carbons (Fsp3) is 0.615. The zero-order chi connectivity index (χ0) is 13.8. The van der Waals surface area contributed by atoms with Crippen molar-refractivity contribution >= 4 is 33.3 Å². The summed E-state index contributed by atoms with van der Waals surface area (Å²) >= 11 is 9.63. The fourth-order valence-electron chi connectivity index (χ4n) is 2.51. The van der Waals surface area contributed by atoms with Gasteiger partial charge in [-0.2, -0.15) is 0 Å². The molecule has 0 radical (unpaired) electrons. The van der Waals surface area contributed by atoms with Gasteiger partial charge < -0.3 is 10.6 Å². The molecule has 0 amide bonds. The van der Waals surface area contributed by atoms with E-state index < -0.39 is 0 Å². The second-order valence-electron chi connectivity index (χ2n) is 4.78. The van der Waals surface area contributed by atoms with E-state index in [1.807, 2.05) is 6.07 Å². The topological polar surface area (TPSA) is 45.4 Å². The molecule has 0 aromatic carbocycles. The largest absolute Gasteiger partial charge is 0.353 e. The molecule has 1 aliphatic rings. The van der Waals surface area contributed by atoms with E-state index in [1.54, 1.807) is 6.20 Å². The van der Waals surface area contributed by atoms with Crippen LogP contribution in [0.2, 0.25) is 5.02 Å². The smallest absolute Gasteiger partial charge is 0.147 e. The summed E-state index contributed by atoms with van der Waals surface area (Å²) in [5.41, 5.74) is 5.81. The van der Waals surface area contributed by atoms with Crippen molar-refractivity contribution in [3.8, 4) is 0 Å². The Morgan fingerprint density at radius 1 is 1.42 bits per heavy atom. The first-order chi connectivity index (χ1) is 9.15. The molecule has 0 spiro atoms. The summed E-state index contributed by atoms with van der Waals surface area (Å²) in [6, 6.07) is 2.39. The normalized spacial score (nSPS) is 18.6. The molecule has 1 saturated heterocycles. The van der Waals surface area contributed by atoms with E-state index in [2.05, 4.69) is 37.6 Å². The van der Waals surface area contributed by atoms with Crippen molar-refractivity contribution in [3.05, 3.63) is 21.8 Å². The highest BCUT2D eigenvalue weighted by molar-refractivity contribution is 9.10. The van der Waals surface area contributed by atoms with Crippen LogP contribution in [0.3, 0.4) is 0 Å². The quantitative estimate of drug-likeness (QED) is 0.908. The molecule has 6 heteroatoms. The maximum absolute atomic E-state index is 6.25. The van der Waals surface area contributed by atoms with Crippen molar-refractivity contribution in [3.63, 3.8) is 0 Å². The van der Waals surface area contributed by atoms with Crippen molar-refractivity contribution in [2.45, 2.75) is 19.4 Å². The number of anilines is 1. The van der Waals surface area contributed by atoms with Gasteiger partial charge in [-0.3, -0.25) is 4.90 Å². The van der Waals surface area contributed by atoms with Crippen LogP contribution >= 0.6 is 27.5 Å². The Bertz CT molecular complexity index is 417. The van der Waals surface area contributed by atoms with Crippen molar-refractivity contribution < 1.29 is 0 Å². The third-order valence-corrected chi connectivity index (χ3v) is 4.37. The summed E-state index contributed by atoms with van der Waals surface area (Å²) in [6.45, 7) is 6.86. The highest BCUT2D eigenvalue weighted by Crippen LogP contribution is 2.27. The Balaban J connectivity index is 1.99. The van der Waals surface area contributed by atoms with E-state index in [1.165, 1.54) is 0 Å². The van der Waals surface area contributed by atoms with Crippen LogP contribution in [0, 0.1) is 0 Å². The standard InChI is InChI=1S/C13H20BrClN4/c1-2-11(8-16)18-3-5-19(6-4-18)13-12(15)7-10(14)9-17-13/h7,9,11H,2-6,8,16H2,1H3. The molecule has 1 aliphatic heterocycles. The number of hydrogen-bond donors (Lipinski definition) is 1. The van der Waals surface area contributed by atoms with Gasteiger partial charge in [0.15, 0.2) is 0 Å². The van der Waals surface area contributed by atoms with Gasteiger partial charge in [-0.05, 0) is 28.4 Å². The van der Waals surface area contributed by atoms with Gasteiger partial charge in [0.1, 0.15) is 5.82 Å². The lowest BCUT2D eigenvalue weighted by Crippen LogP contribution is -2.52. The van der Waals surface area contributed by atoms with E-state index in [4.69, 9.17) is 17.3 Å². The van der Waals surface area contributed by atoms with E-state index in [0.717, 1.165) is 49.4 Å². The number of hydrogen-bond acceptors (Lipinski definition) is 4. The zero-order valence-electron chi connectivity index (χ0n) is 11.1. The van der Waals surface area contributed by atoms with Crippen molar-refractivity contribution in [2.75, 3.05) is 37.6 Å². The van der Waals surface area contributed by atoms with E-state index in [9.17, 15) is 0 Å². The molecule has 1 aromatic heterocycles. The summed E-state index contributed by atoms with van der Waals surface area (Å²) in [7, 11) is 0. The minimum absolute atomic E-state index is 0.496. The first-order valence-electron chi connectivity index (χ1n) is 6.65. The Morgan fingerprint density at radius 2 is 2.11 bits per heavy atom. The number of rotatable bonds is 4. The van der Waals surface area contributed by atoms with Gasteiger partial charge in [0, 0.05) is 49.4 Å². The molecule has 4 nitrogen and oxygen atoms in total. The van der Waals surface area contributed by atoms with Gasteiger partial charge in [0.05, 0.1) is 5.02 Å². The van der Waals surface area contributed by atoms with E-state index >= 15 is 0 Å². The Hall–Kier alpha value is -0.360. The average Bonchev–Trinajstić information content (AvgIpc) is 2.41. The van der Waals surface area contributed by atoms with E-state index in [-0.39, 0.29) is 0 Å². The summed E-state index contributed by atoms with van der Waals surface area (Å²) in [5, 5.41) is 0.702. The predicted octanol–water partition coefficient (Wildman–Crippen LogP) is 2.36. The van der Waals surface area contributed by atoms with Crippen LogP contribution in [-0.4, -0.2) is 48.6 Å². The number of nitrogens with zero attached hydrogens (tertiary/aromatic N) is 3. The number of pyridine rings is 1. The highest BCUT2D eigenvalue weighted by Gasteiger charge is 2.23.